The number of unbranched alkanes of at least 4 members (excludes halogenated alkanes) is 2. The number of primary amides is 1. The number of ether oxygens (including phenoxy) is 1. The Balaban J connectivity index is 1.54. The lowest BCUT2D eigenvalue weighted by Crippen LogP contribution is -2.58. The smallest absolute Gasteiger partial charge is 0.312 e. The number of hydrogen-bond donors (Lipinski definition) is 5. The topological polar surface area (TPSA) is 206 Å². The lowest BCUT2D eigenvalue weighted by Gasteiger charge is -2.39. The fraction of sp³-hybridized carbons (Fsp3) is 0.531. The molecule has 1 fully saturated rings. The number of nitrogens with one attached hydrogen (secondary N) is 4. The molecule has 0 radical (unpaired) electrons. The van der Waals surface area contributed by atoms with E-state index in [0.29, 0.717) is 63.7 Å². The Kier molecular flexibility index (Phi) is 13.3. The predicted molar refractivity (Wildman–Crippen MR) is 167 cm³/mol. The fourth-order valence-corrected chi connectivity index (χ4v) is 5.00. The molecule has 1 atom stereocenters. The molecule has 250 valence electrons. The third kappa shape index (κ3) is 10.1. The Hall–Kier alpha value is -4.75. The van der Waals surface area contributed by atoms with Crippen LogP contribution in [-0.4, -0.2) is 72.1 Å². The molecule has 2 aliphatic rings. The van der Waals surface area contributed by atoms with Crippen molar-refractivity contribution in [3.8, 4) is 0 Å². The van der Waals surface area contributed by atoms with Crippen molar-refractivity contribution in [3.63, 3.8) is 0 Å². The number of imide groups is 1. The van der Waals surface area contributed by atoms with Gasteiger partial charge in [0.15, 0.2) is 0 Å². The van der Waals surface area contributed by atoms with Gasteiger partial charge in [-0.15, -0.1) is 0 Å². The van der Waals surface area contributed by atoms with Crippen molar-refractivity contribution in [1.82, 2.24) is 20.9 Å². The van der Waals surface area contributed by atoms with Gasteiger partial charge in [-0.1, -0.05) is 32.4 Å². The molecule has 14 nitrogen and oxygen atoms in total. The number of hydrogen-bond acceptors (Lipinski definition) is 8. The largest absolute Gasteiger partial charge is 0.461 e. The first-order valence-corrected chi connectivity index (χ1v) is 15.7. The van der Waals surface area contributed by atoms with E-state index in [1.807, 2.05) is 0 Å². The summed E-state index contributed by atoms with van der Waals surface area (Å²) in [5.74, 6) is -2.66. The van der Waals surface area contributed by atoms with E-state index in [2.05, 4.69) is 21.3 Å². The van der Waals surface area contributed by atoms with Crippen LogP contribution in [0, 0.1) is 11.3 Å². The summed E-state index contributed by atoms with van der Waals surface area (Å²) in [6.07, 6.45) is 6.24. The molecule has 7 amide bonds. The third-order valence-electron chi connectivity index (χ3n) is 7.99. The average Bonchev–Trinajstić information content (AvgIpc) is 3.31. The van der Waals surface area contributed by atoms with E-state index in [4.69, 9.17) is 10.5 Å². The molecule has 1 aromatic carbocycles. The van der Waals surface area contributed by atoms with Crippen molar-refractivity contribution >= 4 is 47.2 Å². The predicted octanol–water partition coefficient (Wildman–Crippen LogP) is 1.64. The van der Waals surface area contributed by atoms with Gasteiger partial charge in [-0.05, 0) is 62.6 Å². The summed E-state index contributed by atoms with van der Waals surface area (Å²) < 4.78 is 5.23. The molecular weight excluding hydrogens is 596 g/mol. The molecule has 0 unspecified atom stereocenters. The quantitative estimate of drug-likeness (QED) is 0.0688. The zero-order valence-electron chi connectivity index (χ0n) is 26.4. The van der Waals surface area contributed by atoms with Gasteiger partial charge < -0.3 is 31.7 Å². The monoisotopic (exact) mass is 640 g/mol. The molecule has 0 spiro atoms. The van der Waals surface area contributed by atoms with Crippen LogP contribution in [0.15, 0.2) is 36.4 Å². The van der Waals surface area contributed by atoms with E-state index in [1.54, 1.807) is 38.1 Å². The van der Waals surface area contributed by atoms with Crippen LogP contribution in [0.4, 0.5) is 10.5 Å². The number of nitrogens with two attached hydrogens (primary N) is 1. The number of anilines is 1. The molecule has 3 rings (SSSR count). The van der Waals surface area contributed by atoms with E-state index in [0.717, 1.165) is 5.56 Å². The van der Waals surface area contributed by atoms with Gasteiger partial charge >= 0.3 is 12.0 Å². The summed E-state index contributed by atoms with van der Waals surface area (Å²) in [7, 11) is 0. The number of nitrogens with zero attached hydrogens (tertiary/aromatic N) is 1. The third-order valence-corrected chi connectivity index (χ3v) is 7.99. The molecule has 6 N–H and O–H groups in total. The Labute approximate surface area is 268 Å². The van der Waals surface area contributed by atoms with Gasteiger partial charge in [0.05, 0.1) is 5.92 Å². The maximum atomic E-state index is 13.5. The normalized spacial score (nSPS) is 15.6. The van der Waals surface area contributed by atoms with Gasteiger partial charge in [-0.25, -0.2) is 4.79 Å². The highest BCUT2D eigenvalue weighted by atomic mass is 16.5. The molecule has 0 saturated heterocycles. The van der Waals surface area contributed by atoms with E-state index < -0.39 is 35.2 Å². The van der Waals surface area contributed by atoms with E-state index in [9.17, 15) is 33.6 Å². The van der Waals surface area contributed by atoms with Crippen LogP contribution in [0.3, 0.4) is 0 Å². The van der Waals surface area contributed by atoms with Crippen LogP contribution in [0.1, 0.15) is 70.8 Å². The summed E-state index contributed by atoms with van der Waals surface area (Å²) in [5.41, 5.74) is 5.04. The Bertz CT molecular complexity index is 1300. The summed E-state index contributed by atoms with van der Waals surface area (Å²) >= 11 is 0. The average molecular weight is 641 g/mol. The second kappa shape index (κ2) is 17.1. The van der Waals surface area contributed by atoms with Crippen LogP contribution < -0.4 is 27.0 Å². The van der Waals surface area contributed by atoms with Crippen molar-refractivity contribution < 1.29 is 38.3 Å². The number of esters is 1. The van der Waals surface area contributed by atoms with E-state index >= 15 is 0 Å². The highest BCUT2D eigenvalue weighted by Gasteiger charge is 2.51. The first kappa shape index (κ1) is 35.7. The first-order chi connectivity index (χ1) is 21.9. The van der Waals surface area contributed by atoms with Crippen molar-refractivity contribution in [2.75, 3.05) is 25.0 Å². The lowest BCUT2D eigenvalue weighted by molar-refractivity contribution is -0.151. The number of benzene rings is 1. The summed E-state index contributed by atoms with van der Waals surface area (Å²) in [6.45, 7) is 4.41. The SMILES string of the molecule is CC(C)C(=O)OCc1ccc(NC(=O)[C@H](CCCNC(N)=O)NC(=O)C2(C(=O)NCCCCCN3C(=O)C=CC3=O)CCC2)cc1. The number of carbonyl (C=O) groups is 7. The molecular formula is C32H44N6O8. The minimum Gasteiger partial charge on any atom is -0.461 e. The van der Waals surface area contributed by atoms with Crippen LogP contribution in [0.2, 0.25) is 0 Å². The second-order valence-electron chi connectivity index (χ2n) is 11.8. The fourth-order valence-electron chi connectivity index (χ4n) is 5.00. The second-order valence-corrected chi connectivity index (χ2v) is 11.8. The zero-order chi connectivity index (χ0) is 33.7. The van der Waals surface area contributed by atoms with Gasteiger partial charge in [0.1, 0.15) is 18.1 Å². The Morgan fingerprint density at radius 1 is 0.891 bits per heavy atom. The number of urea groups is 1. The zero-order valence-corrected chi connectivity index (χ0v) is 26.4. The van der Waals surface area contributed by atoms with Crippen LogP contribution >= 0.6 is 0 Å². The van der Waals surface area contributed by atoms with Gasteiger partial charge in [-0.2, -0.15) is 0 Å². The van der Waals surface area contributed by atoms with Crippen molar-refractivity contribution in [2.45, 2.75) is 77.9 Å². The number of amides is 7. The summed E-state index contributed by atoms with van der Waals surface area (Å²) in [4.78, 5) is 87.3. The molecule has 1 aliphatic heterocycles. The Morgan fingerprint density at radius 2 is 1.54 bits per heavy atom. The van der Waals surface area contributed by atoms with Gasteiger partial charge in [0.25, 0.3) is 11.8 Å². The van der Waals surface area contributed by atoms with E-state index in [-0.39, 0.29) is 43.3 Å². The highest BCUT2D eigenvalue weighted by Crippen LogP contribution is 2.41. The van der Waals surface area contributed by atoms with E-state index in [1.165, 1.54) is 17.1 Å². The van der Waals surface area contributed by atoms with Crippen molar-refractivity contribution in [1.29, 1.82) is 0 Å². The Morgan fingerprint density at radius 3 is 2.13 bits per heavy atom. The minimum absolute atomic E-state index is 0.0965. The molecule has 0 bridgehead atoms. The summed E-state index contributed by atoms with van der Waals surface area (Å²) in [5, 5.41) is 10.8. The standard InChI is InChI=1S/C32H44N6O8/c1-21(2)28(42)46-20-22-9-11-23(12-10-22)36-27(41)24(8-6-18-35-31(33)45)37-30(44)32(15-7-16-32)29(43)34-17-4-3-5-19-38-25(39)13-14-26(38)40/h9-14,21,24H,3-8,15-20H2,1-2H3,(H,34,43)(H,36,41)(H,37,44)(H3,33,35,45)/t24-/m0/s1. The maximum Gasteiger partial charge on any atom is 0.312 e. The highest BCUT2D eigenvalue weighted by molar-refractivity contribution is 6.12. The maximum absolute atomic E-state index is 13.5. The molecule has 46 heavy (non-hydrogen) atoms. The molecule has 14 heteroatoms. The number of carbonyl (C=O) groups excluding carboxylic acids is 7. The molecule has 1 aromatic rings. The van der Waals surface area contributed by atoms with Crippen molar-refractivity contribution in [2.24, 2.45) is 17.1 Å². The van der Waals surface area contributed by atoms with Gasteiger partial charge in [0.2, 0.25) is 17.7 Å². The summed E-state index contributed by atoms with van der Waals surface area (Å²) in [6, 6.07) is 5.04. The van der Waals surface area contributed by atoms with Crippen LogP contribution in [-0.2, 0) is 40.1 Å². The first-order valence-electron chi connectivity index (χ1n) is 15.7. The lowest BCUT2D eigenvalue weighted by atomic mass is 9.67. The molecule has 0 aromatic heterocycles. The number of rotatable bonds is 18. The van der Waals surface area contributed by atoms with Crippen molar-refractivity contribution in [3.05, 3.63) is 42.0 Å². The van der Waals surface area contributed by atoms with Gasteiger partial charge in [0, 0.05) is 37.5 Å². The van der Waals surface area contributed by atoms with Gasteiger partial charge in [-0.3, -0.25) is 33.7 Å². The van der Waals surface area contributed by atoms with Crippen LogP contribution in [0.25, 0.3) is 0 Å². The minimum atomic E-state index is -1.29. The molecule has 1 heterocycles. The molecule has 1 saturated carbocycles. The van der Waals surface area contributed by atoms with Crippen LogP contribution in [0.5, 0.6) is 0 Å². The molecule has 1 aliphatic carbocycles.